The smallest absolute Gasteiger partial charge is 0.422 e. The molecular formula is C25H29F3N4O3S. The van der Waals surface area contributed by atoms with Crippen molar-refractivity contribution in [2.45, 2.75) is 50.7 Å². The minimum absolute atomic E-state index is 0.00748. The molecule has 0 aliphatic carbocycles. The molecule has 0 fully saturated rings. The van der Waals surface area contributed by atoms with Crippen LogP contribution in [0.2, 0.25) is 0 Å². The van der Waals surface area contributed by atoms with E-state index in [0.717, 1.165) is 12.8 Å². The van der Waals surface area contributed by atoms with Gasteiger partial charge in [-0.15, -0.1) is 0 Å². The maximum atomic E-state index is 13.5. The summed E-state index contributed by atoms with van der Waals surface area (Å²) in [5.41, 5.74) is 1.66. The maximum absolute atomic E-state index is 13.5. The number of rotatable bonds is 10. The molecule has 7 nitrogen and oxygen atoms in total. The zero-order chi connectivity index (χ0) is 26.5. The number of fused-ring (bicyclic) bond motifs is 1. The van der Waals surface area contributed by atoms with Crippen LogP contribution in [0.5, 0.6) is 5.75 Å². The first-order valence-corrected chi connectivity index (χ1v) is 12.8. The van der Waals surface area contributed by atoms with Crippen LogP contribution in [0.4, 0.5) is 18.0 Å². The number of alkyl halides is 3. The Balaban J connectivity index is 1.88. The first-order valence-electron chi connectivity index (χ1n) is 11.5. The normalized spacial score (nSPS) is 12.8. The lowest BCUT2D eigenvalue weighted by Crippen LogP contribution is -2.34. The number of hydrogen-bond donors (Lipinski definition) is 0. The molecule has 2 heterocycles. The summed E-state index contributed by atoms with van der Waals surface area (Å²) in [7, 11) is 1.66. The SMILES string of the molecule is CC[C]([CH]CN(C)C(=O)n1c([S+]([O-])Cc2nccc(OCC(F)(F)F)c2C)nc2ccccc21)CC. The third kappa shape index (κ3) is 6.70. The Morgan fingerprint density at radius 3 is 2.58 bits per heavy atom. The molecule has 0 aliphatic rings. The molecule has 3 rings (SSSR count). The molecule has 0 saturated heterocycles. The fourth-order valence-corrected chi connectivity index (χ4v) is 4.85. The van der Waals surface area contributed by atoms with E-state index in [2.05, 4.69) is 23.8 Å². The van der Waals surface area contributed by atoms with Crippen LogP contribution >= 0.6 is 0 Å². The van der Waals surface area contributed by atoms with Gasteiger partial charge in [-0.25, -0.2) is 9.36 Å². The Morgan fingerprint density at radius 1 is 1.22 bits per heavy atom. The topological polar surface area (TPSA) is 83.3 Å². The highest BCUT2D eigenvalue weighted by Gasteiger charge is 2.31. The summed E-state index contributed by atoms with van der Waals surface area (Å²) in [5, 5.41) is 0.0473. The van der Waals surface area contributed by atoms with E-state index in [0.29, 0.717) is 28.8 Å². The van der Waals surface area contributed by atoms with Crippen LogP contribution in [-0.2, 0) is 16.9 Å². The molecule has 2 aromatic heterocycles. The standard InChI is InChI=1S/C25H29F3N4O3S/c1-5-18(6-2)12-14-31(4)24(33)32-21-10-8-7-9-19(21)30-23(32)36(34)15-20-17(3)22(11-13-29-20)35-16-25(26,27)28/h7-13H,5-6,14-16H2,1-4H3. The minimum Gasteiger partial charge on any atom is -0.609 e. The van der Waals surface area contributed by atoms with Crippen molar-refractivity contribution in [3.63, 3.8) is 0 Å². The molecule has 36 heavy (non-hydrogen) atoms. The average molecular weight is 523 g/mol. The molecule has 1 amide bonds. The van der Waals surface area contributed by atoms with Crippen molar-refractivity contribution in [1.29, 1.82) is 0 Å². The number of imidazole rings is 1. The maximum Gasteiger partial charge on any atom is 0.422 e. The van der Waals surface area contributed by atoms with Gasteiger partial charge < -0.3 is 14.2 Å². The number of benzene rings is 1. The number of amides is 1. The molecule has 0 spiro atoms. The van der Waals surface area contributed by atoms with Gasteiger partial charge in [-0.1, -0.05) is 26.0 Å². The number of halogens is 3. The van der Waals surface area contributed by atoms with Crippen molar-refractivity contribution in [1.82, 2.24) is 19.4 Å². The van der Waals surface area contributed by atoms with Crippen LogP contribution in [0.1, 0.15) is 37.9 Å². The van der Waals surface area contributed by atoms with Gasteiger partial charge in [0.15, 0.2) is 12.4 Å². The molecule has 1 aromatic carbocycles. The summed E-state index contributed by atoms with van der Waals surface area (Å²) < 4.78 is 57.4. The number of carbonyl (C=O) groups is 1. The Labute approximate surface area is 211 Å². The van der Waals surface area contributed by atoms with E-state index in [4.69, 9.17) is 4.74 Å². The number of aromatic nitrogens is 3. The molecule has 2 radical (unpaired) electrons. The van der Waals surface area contributed by atoms with E-state index in [1.165, 1.54) is 27.6 Å². The number of ether oxygens (including phenoxy) is 1. The van der Waals surface area contributed by atoms with E-state index < -0.39 is 24.0 Å². The van der Waals surface area contributed by atoms with Crippen molar-refractivity contribution in [3.05, 3.63) is 60.1 Å². The van der Waals surface area contributed by atoms with Crippen molar-refractivity contribution in [2.75, 3.05) is 20.2 Å². The lowest BCUT2D eigenvalue weighted by Gasteiger charge is -2.21. The zero-order valence-electron chi connectivity index (χ0n) is 20.6. The third-order valence-corrected chi connectivity index (χ3v) is 6.95. The second kappa shape index (κ2) is 12.0. The van der Waals surface area contributed by atoms with Crippen LogP contribution in [0.25, 0.3) is 11.0 Å². The Kier molecular flexibility index (Phi) is 9.24. The molecule has 1 unspecified atom stereocenters. The quantitative estimate of drug-likeness (QED) is 0.329. The minimum atomic E-state index is -4.49. The Morgan fingerprint density at radius 2 is 1.92 bits per heavy atom. The van der Waals surface area contributed by atoms with Crippen LogP contribution in [-0.4, -0.2) is 56.4 Å². The molecule has 194 valence electrons. The lowest BCUT2D eigenvalue weighted by molar-refractivity contribution is -0.153. The van der Waals surface area contributed by atoms with Gasteiger partial charge in [-0.05, 0) is 50.3 Å². The van der Waals surface area contributed by atoms with E-state index in [-0.39, 0.29) is 22.7 Å². The lowest BCUT2D eigenvalue weighted by atomic mass is 9.99. The number of hydrogen-bond acceptors (Lipinski definition) is 5. The first kappa shape index (κ1) is 27.8. The van der Waals surface area contributed by atoms with Gasteiger partial charge in [-0.3, -0.25) is 4.98 Å². The monoisotopic (exact) mass is 522 g/mol. The van der Waals surface area contributed by atoms with E-state index in [9.17, 15) is 22.5 Å². The van der Waals surface area contributed by atoms with Gasteiger partial charge in [0.25, 0.3) is 0 Å². The molecular weight excluding hydrogens is 493 g/mol. The molecule has 1 atom stereocenters. The van der Waals surface area contributed by atoms with Crippen molar-refractivity contribution in [2.24, 2.45) is 0 Å². The molecule has 3 aromatic rings. The van der Waals surface area contributed by atoms with E-state index in [1.54, 1.807) is 38.2 Å². The van der Waals surface area contributed by atoms with Gasteiger partial charge >= 0.3 is 17.4 Å². The highest BCUT2D eigenvalue weighted by Crippen LogP contribution is 2.27. The van der Waals surface area contributed by atoms with Gasteiger partial charge in [0.1, 0.15) is 5.75 Å². The molecule has 0 bridgehead atoms. The van der Waals surface area contributed by atoms with Gasteiger partial charge in [-0.2, -0.15) is 18.2 Å². The second-order valence-corrected chi connectivity index (χ2v) is 9.57. The number of pyridine rings is 1. The molecule has 0 N–H and O–H groups in total. The molecule has 0 aliphatic heterocycles. The first-order chi connectivity index (χ1) is 17.1. The van der Waals surface area contributed by atoms with Crippen LogP contribution in [0, 0.1) is 19.3 Å². The third-order valence-electron chi connectivity index (χ3n) is 5.73. The average Bonchev–Trinajstić information content (AvgIpc) is 3.23. The van der Waals surface area contributed by atoms with Crippen LogP contribution in [0.3, 0.4) is 0 Å². The predicted octanol–water partition coefficient (Wildman–Crippen LogP) is 5.49. The van der Waals surface area contributed by atoms with Crippen LogP contribution in [0.15, 0.2) is 41.7 Å². The number of nitrogens with zero attached hydrogens (tertiary/aromatic N) is 4. The van der Waals surface area contributed by atoms with Gasteiger partial charge in [0, 0.05) is 36.5 Å². The summed E-state index contributed by atoms with van der Waals surface area (Å²) in [5.74, 6) is 1.08. The Hall–Kier alpha value is -2.79. The van der Waals surface area contributed by atoms with Crippen LogP contribution < -0.4 is 4.74 Å². The highest BCUT2D eigenvalue weighted by atomic mass is 32.2. The zero-order valence-corrected chi connectivity index (χ0v) is 21.4. The summed E-state index contributed by atoms with van der Waals surface area (Å²) >= 11 is -1.82. The fraction of sp³-hybridized carbons (Fsp3) is 0.400. The Bertz CT molecular complexity index is 1180. The summed E-state index contributed by atoms with van der Waals surface area (Å²) in [4.78, 5) is 23.6. The number of carbonyl (C=O) groups excluding carboxylic acids is 1. The van der Waals surface area contributed by atoms with E-state index in [1.807, 2.05) is 6.42 Å². The summed E-state index contributed by atoms with van der Waals surface area (Å²) in [6.45, 7) is 4.61. The summed E-state index contributed by atoms with van der Waals surface area (Å²) in [6.07, 6.45) is 0.603. The number of para-hydroxylation sites is 2. The largest absolute Gasteiger partial charge is 0.609 e. The summed E-state index contributed by atoms with van der Waals surface area (Å²) in [6, 6.07) is 7.92. The van der Waals surface area contributed by atoms with E-state index >= 15 is 0 Å². The molecule has 11 heteroatoms. The molecule has 0 saturated carbocycles. The van der Waals surface area contributed by atoms with Crippen molar-refractivity contribution >= 4 is 28.2 Å². The van der Waals surface area contributed by atoms with Gasteiger partial charge in [0.05, 0.1) is 16.7 Å². The highest BCUT2D eigenvalue weighted by molar-refractivity contribution is 7.90. The second-order valence-electron chi connectivity index (χ2n) is 8.23. The van der Waals surface area contributed by atoms with Crippen molar-refractivity contribution < 1.29 is 27.3 Å². The van der Waals surface area contributed by atoms with Gasteiger partial charge in [0.2, 0.25) is 0 Å². The van der Waals surface area contributed by atoms with Crippen molar-refractivity contribution in [3.8, 4) is 5.75 Å². The fourth-order valence-electron chi connectivity index (χ4n) is 3.60. The predicted molar refractivity (Wildman–Crippen MR) is 132 cm³/mol.